The van der Waals surface area contributed by atoms with Gasteiger partial charge < -0.3 is 15.2 Å². The van der Waals surface area contributed by atoms with E-state index in [0.717, 1.165) is 28.9 Å². The molecule has 0 bridgehead atoms. The number of nitriles is 1. The Morgan fingerprint density at radius 3 is 2.88 bits per heavy atom. The van der Waals surface area contributed by atoms with Crippen LogP contribution < -0.4 is 10.1 Å². The number of fused-ring (bicyclic) bond motifs is 2. The molecule has 9 heteroatoms. The van der Waals surface area contributed by atoms with Crippen LogP contribution in [0.15, 0.2) is 42.9 Å². The van der Waals surface area contributed by atoms with E-state index in [1.807, 2.05) is 69.0 Å². The molecule has 1 aliphatic heterocycles. The molecule has 9 nitrogen and oxygen atoms in total. The maximum atomic E-state index is 11.0. The third-order valence-electron chi connectivity index (χ3n) is 5.87. The number of aromatic nitrogens is 5. The third kappa shape index (κ3) is 4.27. The van der Waals surface area contributed by atoms with Crippen LogP contribution in [0.4, 0.5) is 0 Å². The van der Waals surface area contributed by atoms with Crippen LogP contribution in [0, 0.1) is 18.4 Å². The summed E-state index contributed by atoms with van der Waals surface area (Å²) in [5.74, 6) is 0.770. The quantitative estimate of drug-likeness (QED) is 0.340. The van der Waals surface area contributed by atoms with E-state index in [0.29, 0.717) is 30.0 Å². The number of pyridine rings is 2. The van der Waals surface area contributed by atoms with Gasteiger partial charge in [0.15, 0.2) is 11.9 Å². The Hall–Kier alpha value is -4.06. The summed E-state index contributed by atoms with van der Waals surface area (Å²) in [5.41, 5.74) is 4.57. The van der Waals surface area contributed by atoms with E-state index < -0.39 is 0 Å². The van der Waals surface area contributed by atoms with Crippen LogP contribution in [0.1, 0.15) is 50.2 Å². The first-order chi connectivity index (χ1) is 16.5. The molecule has 0 spiro atoms. The predicted octanol–water partition coefficient (Wildman–Crippen LogP) is 4.16. The number of hydrogen-bond acceptors (Lipinski definition) is 7. The Morgan fingerprint density at radius 2 is 2.15 bits per heavy atom. The zero-order valence-corrected chi connectivity index (χ0v) is 19.9. The highest BCUT2D eigenvalue weighted by Gasteiger charge is 2.27. The molecule has 34 heavy (non-hydrogen) atoms. The molecule has 5 heterocycles. The average Bonchev–Trinajstić information content (AvgIpc) is 3.41. The lowest BCUT2D eigenvalue weighted by molar-refractivity contribution is 0.224. The molecule has 0 amide bonds. The second kappa shape index (κ2) is 9.83. The van der Waals surface area contributed by atoms with Crippen molar-refractivity contribution in [3.05, 3.63) is 59.8 Å². The maximum Gasteiger partial charge on any atom is 0.176 e. The molecule has 0 fully saturated rings. The van der Waals surface area contributed by atoms with Crippen molar-refractivity contribution in [3.8, 4) is 28.9 Å². The topological polar surface area (TPSA) is 113 Å². The number of ether oxygens (including phenoxy) is 1. The van der Waals surface area contributed by atoms with Crippen LogP contribution >= 0.6 is 0 Å². The van der Waals surface area contributed by atoms with Crippen molar-refractivity contribution < 1.29 is 9.84 Å². The van der Waals surface area contributed by atoms with Crippen molar-refractivity contribution in [2.24, 2.45) is 0 Å². The molecule has 2 unspecified atom stereocenters. The van der Waals surface area contributed by atoms with E-state index >= 15 is 0 Å². The second-order valence-corrected chi connectivity index (χ2v) is 8.04. The third-order valence-corrected chi connectivity index (χ3v) is 5.87. The fraction of sp³-hybridized carbons (Fsp3) is 0.360. The van der Waals surface area contributed by atoms with Gasteiger partial charge in [-0.05, 0) is 44.0 Å². The monoisotopic (exact) mass is 459 g/mol. The average molecular weight is 460 g/mol. The van der Waals surface area contributed by atoms with Gasteiger partial charge in [0.1, 0.15) is 23.1 Å². The van der Waals surface area contributed by atoms with Gasteiger partial charge in [0.25, 0.3) is 0 Å². The van der Waals surface area contributed by atoms with Gasteiger partial charge in [-0.3, -0.25) is 9.67 Å². The van der Waals surface area contributed by atoms with E-state index in [-0.39, 0.29) is 17.9 Å². The summed E-state index contributed by atoms with van der Waals surface area (Å²) in [7, 11) is 0. The van der Waals surface area contributed by atoms with Gasteiger partial charge >= 0.3 is 0 Å². The van der Waals surface area contributed by atoms with Crippen molar-refractivity contribution in [2.75, 3.05) is 0 Å². The summed E-state index contributed by atoms with van der Waals surface area (Å²) in [6.07, 6.45) is 8.41. The lowest BCUT2D eigenvalue weighted by Crippen LogP contribution is -2.33. The van der Waals surface area contributed by atoms with Gasteiger partial charge in [-0.2, -0.15) is 15.5 Å². The highest BCUT2D eigenvalue weighted by molar-refractivity contribution is 5.74. The van der Waals surface area contributed by atoms with E-state index in [2.05, 4.69) is 20.5 Å². The van der Waals surface area contributed by atoms with Crippen molar-refractivity contribution in [1.82, 2.24) is 29.7 Å². The fourth-order valence-corrected chi connectivity index (χ4v) is 4.22. The summed E-state index contributed by atoms with van der Waals surface area (Å²) in [5, 5.41) is 31.8. The van der Waals surface area contributed by atoms with Gasteiger partial charge in [-0.1, -0.05) is 19.9 Å². The van der Waals surface area contributed by atoms with Gasteiger partial charge in [-0.25, -0.2) is 4.52 Å². The molecule has 4 aromatic rings. The number of rotatable bonds is 5. The van der Waals surface area contributed by atoms with Crippen molar-refractivity contribution in [3.63, 3.8) is 0 Å². The van der Waals surface area contributed by atoms with E-state index in [9.17, 15) is 5.11 Å². The predicted molar refractivity (Wildman–Crippen MR) is 128 cm³/mol. The fourth-order valence-electron chi connectivity index (χ4n) is 4.22. The zero-order valence-electron chi connectivity index (χ0n) is 19.9. The second-order valence-electron chi connectivity index (χ2n) is 8.04. The first-order valence-corrected chi connectivity index (χ1v) is 11.5. The van der Waals surface area contributed by atoms with Gasteiger partial charge in [0.2, 0.25) is 0 Å². The molecule has 0 radical (unpaired) electrons. The van der Waals surface area contributed by atoms with Crippen molar-refractivity contribution in [1.29, 1.82) is 5.26 Å². The Balaban J connectivity index is 0.00000133. The molecule has 2 N–H and O–H groups in total. The molecule has 5 rings (SSSR count). The summed E-state index contributed by atoms with van der Waals surface area (Å²) in [4.78, 5) is 4.39. The molecular weight excluding hydrogens is 430 g/mol. The number of nitrogens with zero attached hydrogens (tertiary/aromatic N) is 6. The van der Waals surface area contributed by atoms with Gasteiger partial charge in [0, 0.05) is 37.0 Å². The highest BCUT2D eigenvalue weighted by Crippen LogP contribution is 2.38. The first-order valence-electron chi connectivity index (χ1n) is 11.5. The molecule has 0 aromatic carbocycles. The summed E-state index contributed by atoms with van der Waals surface area (Å²) >= 11 is 0. The molecule has 176 valence electrons. The van der Waals surface area contributed by atoms with E-state index in [1.54, 1.807) is 16.9 Å². The molecule has 0 aliphatic carbocycles. The number of nitrogens with one attached hydrogen (secondary N) is 1. The summed E-state index contributed by atoms with van der Waals surface area (Å²) < 4.78 is 9.89. The van der Waals surface area contributed by atoms with Crippen LogP contribution in [0.5, 0.6) is 11.5 Å². The Kier molecular flexibility index (Phi) is 6.68. The van der Waals surface area contributed by atoms with Gasteiger partial charge in [-0.15, -0.1) is 0 Å². The van der Waals surface area contributed by atoms with Crippen molar-refractivity contribution >= 4 is 5.52 Å². The Morgan fingerprint density at radius 1 is 1.32 bits per heavy atom. The molecule has 0 saturated heterocycles. The Bertz CT molecular complexity index is 1320. The summed E-state index contributed by atoms with van der Waals surface area (Å²) in [6.45, 7) is 8.56. The number of hydrogen-bond donors (Lipinski definition) is 2. The van der Waals surface area contributed by atoms with Crippen molar-refractivity contribution in [2.45, 2.75) is 59.2 Å². The van der Waals surface area contributed by atoms with Crippen LogP contribution in [0.2, 0.25) is 0 Å². The highest BCUT2D eigenvalue weighted by atomic mass is 16.5. The molecule has 2 atom stereocenters. The number of aryl methyl sites for hydroxylation is 2. The minimum absolute atomic E-state index is 0.00249. The minimum atomic E-state index is -0.272. The summed E-state index contributed by atoms with van der Waals surface area (Å²) in [6, 6.07) is 7.62. The molecule has 0 saturated carbocycles. The normalized spacial score (nSPS) is 15.6. The molecule has 1 aliphatic rings. The zero-order chi connectivity index (χ0) is 24.2. The van der Waals surface area contributed by atoms with E-state index in [4.69, 9.17) is 10.00 Å². The van der Waals surface area contributed by atoms with Crippen LogP contribution in [0.25, 0.3) is 16.8 Å². The van der Waals surface area contributed by atoms with Crippen LogP contribution in [-0.2, 0) is 13.0 Å². The van der Waals surface area contributed by atoms with Gasteiger partial charge in [0.05, 0.1) is 17.6 Å². The lowest BCUT2D eigenvalue weighted by atomic mass is 10.0. The number of aromatic hydroxyl groups is 1. The lowest BCUT2D eigenvalue weighted by Gasteiger charge is -2.21. The maximum absolute atomic E-state index is 11.0. The molecule has 4 aromatic heterocycles. The van der Waals surface area contributed by atoms with Crippen LogP contribution in [0.3, 0.4) is 0 Å². The standard InChI is InChI=1S/C23H23N7O2.C2H6/c1-14-11-27-30-12-16(9-20(22(14)30)32-15(2)18-5-3-4-7-25-18)21-23(31)19-10-17(26-13-24)6-8-29(19)28-21;1-2/h3-5,7,9,11-12,15,17,26,31H,6,8,10H2,1-2H3;1-2H3. The van der Waals surface area contributed by atoms with Crippen LogP contribution in [-0.4, -0.2) is 35.5 Å². The minimum Gasteiger partial charge on any atom is -0.504 e. The molecular formula is C25H29N7O2. The van der Waals surface area contributed by atoms with E-state index in [1.165, 1.54) is 0 Å². The SMILES string of the molecule is CC.Cc1cnn2cc(-c3nn4c(c3O)CC(NC#N)CC4)cc(OC(C)c3ccccn3)c12. The Labute approximate surface area is 198 Å². The first kappa shape index (κ1) is 23.1. The smallest absolute Gasteiger partial charge is 0.176 e. The largest absolute Gasteiger partial charge is 0.504 e.